The second-order valence-corrected chi connectivity index (χ2v) is 4.03. The lowest BCUT2D eigenvalue weighted by Gasteiger charge is -2.11. The van der Waals surface area contributed by atoms with Crippen LogP contribution in [0.1, 0.15) is 34.7 Å². The Morgan fingerprint density at radius 3 is 2.15 bits per heavy atom. The Labute approximate surface area is 116 Å². The number of benzene rings is 1. The monoisotopic (exact) mass is 287 g/mol. The smallest absolute Gasteiger partial charge is 0.388 e. The molecule has 6 heteroatoms. The van der Waals surface area contributed by atoms with Crippen LogP contribution in [0.25, 0.3) is 0 Å². The second kappa shape index (κ2) is 9.10. The molecular formula is C14H16F3NO2. The van der Waals surface area contributed by atoms with Crippen LogP contribution in [-0.4, -0.2) is 26.7 Å². The summed E-state index contributed by atoms with van der Waals surface area (Å²) in [5, 5.41) is 8.82. The van der Waals surface area contributed by atoms with Gasteiger partial charge in [0.1, 0.15) is 6.29 Å². The zero-order valence-corrected chi connectivity index (χ0v) is 11.3. The molecule has 0 bridgehead atoms. The van der Waals surface area contributed by atoms with Crippen molar-refractivity contribution in [2.24, 2.45) is 0 Å². The molecule has 3 nitrogen and oxygen atoms in total. The largest absolute Gasteiger partial charge is 0.389 e. The summed E-state index contributed by atoms with van der Waals surface area (Å²) in [6.07, 6.45) is -4.86. The van der Waals surface area contributed by atoms with Crippen LogP contribution in [0.2, 0.25) is 0 Å². The predicted molar refractivity (Wildman–Crippen MR) is 68.4 cm³/mol. The van der Waals surface area contributed by atoms with Gasteiger partial charge < -0.3 is 4.74 Å². The first kappa shape index (κ1) is 18.1. The molecule has 1 rings (SSSR count). The SMILES string of the molecule is COC.N#CC(CCC(F)(F)F)c1ccc(C=O)cc1. The van der Waals surface area contributed by atoms with Crippen LogP contribution in [0, 0.1) is 11.3 Å². The minimum Gasteiger partial charge on any atom is -0.388 e. The molecule has 1 atom stereocenters. The van der Waals surface area contributed by atoms with Gasteiger partial charge in [0.25, 0.3) is 0 Å². The molecule has 0 spiro atoms. The molecular weight excluding hydrogens is 271 g/mol. The molecule has 0 fully saturated rings. The molecule has 1 unspecified atom stereocenters. The minimum atomic E-state index is -4.25. The Balaban J connectivity index is 0.00000110. The zero-order chi connectivity index (χ0) is 15.6. The fourth-order valence-corrected chi connectivity index (χ4v) is 1.42. The minimum absolute atomic E-state index is 0.263. The lowest BCUT2D eigenvalue weighted by atomic mass is 9.95. The van der Waals surface area contributed by atoms with E-state index in [9.17, 15) is 18.0 Å². The van der Waals surface area contributed by atoms with Crippen LogP contribution < -0.4 is 0 Å². The molecule has 0 N–H and O–H groups in total. The number of halogens is 3. The molecule has 0 radical (unpaired) electrons. The highest BCUT2D eigenvalue weighted by Gasteiger charge is 2.28. The molecule has 20 heavy (non-hydrogen) atoms. The summed E-state index contributed by atoms with van der Waals surface area (Å²) >= 11 is 0. The number of carbonyl (C=O) groups excluding carboxylic acids is 1. The average molecular weight is 287 g/mol. The summed E-state index contributed by atoms with van der Waals surface area (Å²) in [6.45, 7) is 0. The molecule has 1 aromatic carbocycles. The Morgan fingerprint density at radius 2 is 1.80 bits per heavy atom. The Kier molecular flexibility index (Phi) is 8.25. The van der Waals surface area contributed by atoms with Crippen LogP contribution in [0.4, 0.5) is 13.2 Å². The number of carbonyl (C=O) groups is 1. The van der Waals surface area contributed by atoms with Crippen LogP contribution in [0.5, 0.6) is 0 Å². The number of alkyl halides is 3. The van der Waals surface area contributed by atoms with Gasteiger partial charge in [-0.15, -0.1) is 0 Å². The van der Waals surface area contributed by atoms with Crippen molar-refractivity contribution >= 4 is 6.29 Å². The fraction of sp³-hybridized carbons (Fsp3) is 0.429. The van der Waals surface area contributed by atoms with Crippen molar-refractivity contribution in [3.63, 3.8) is 0 Å². The zero-order valence-electron chi connectivity index (χ0n) is 11.3. The highest BCUT2D eigenvalue weighted by Crippen LogP contribution is 2.28. The molecule has 110 valence electrons. The third-order valence-corrected chi connectivity index (χ3v) is 2.35. The number of rotatable bonds is 4. The Bertz CT molecular complexity index is 435. The summed E-state index contributed by atoms with van der Waals surface area (Å²) in [6, 6.07) is 7.83. The average Bonchev–Trinajstić information content (AvgIpc) is 2.40. The van der Waals surface area contributed by atoms with E-state index >= 15 is 0 Å². The quantitative estimate of drug-likeness (QED) is 0.793. The van der Waals surface area contributed by atoms with Crippen LogP contribution in [-0.2, 0) is 4.74 Å². The van der Waals surface area contributed by atoms with E-state index in [-0.39, 0.29) is 6.42 Å². The van der Waals surface area contributed by atoms with Crippen LogP contribution in [0.3, 0.4) is 0 Å². The van der Waals surface area contributed by atoms with Gasteiger partial charge in [0.15, 0.2) is 0 Å². The molecule has 0 aromatic heterocycles. The summed E-state index contributed by atoms with van der Waals surface area (Å²) in [7, 11) is 3.25. The first-order valence-corrected chi connectivity index (χ1v) is 5.79. The van der Waals surface area contributed by atoms with Crippen molar-refractivity contribution in [1.82, 2.24) is 0 Å². The van der Waals surface area contributed by atoms with E-state index in [1.54, 1.807) is 14.2 Å². The molecule has 1 aromatic rings. The third kappa shape index (κ3) is 7.54. The first-order chi connectivity index (χ1) is 9.37. The molecule has 0 aliphatic heterocycles. The van der Waals surface area contributed by atoms with E-state index in [1.165, 1.54) is 24.3 Å². The van der Waals surface area contributed by atoms with Gasteiger partial charge in [0, 0.05) is 26.2 Å². The van der Waals surface area contributed by atoms with Gasteiger partial charge in [0.2, 0.25) is 0 Å². The highest BCUT2D eigenvalue weighted by molar-refractivity contribution is 5.74. The standard InChI is InChI=1S/C12H10F3NO.C2H6O/c13-12(14,15)6-5-11(7-16)10-3-1-9(8-17)2-4-10;1-3-2/h1-4,8,11H,5-6H2;1-2H3. The lowest BCUT2D eigenvalue weighted by molar-refractivity contribution is -0.135. The number of nitrogens with zero attached hydrogens (tertiary/aromatic N) is 1. The maximum Gasteiger partial charge on any atom is 0.389 e. The maximum absolute atomic E-state index is 12.0. The summed E-state index contributed by atoms with van der Waals surface area (Å²) in [4.78, 5) is 10.4. The van der Waals surface area contributed by atoms with Crippen molar-refractivity contribution < 1.29 is 22.7 Å². The van der Waals surface area contributed by atoms with E-state index in [1.807, 2.05) is 6.07 Å². The Morgan fingerprint density at radius 1 is 1.30 bits per heavy atom. The molecule has 0 heterocycles. The van der Waals surface area contributed by atoms with E-state index in [2.05, 4.69) is 4.74 Å². The van der Waals surface area contributed by atoms with Crippen LogP contribution >= 0.6 is 0 Å². The number of hydrogen-bond donors (Lipinski definition) is 0. The second-order valence-electron chi connectivity index (χ2n) is 4.03. The number of methoxy groups -OCH3 is 1. The van der Waals surface area contributed by atoms with E-state index in [0.717, 1.165) is 0 Å². The van der Waals surface area contributed by atoms with E-state index in [4.69, 9.17) is 5.26 Å². The topological polar surface area (TPSA) is 50.1 Å². The van der Waals surface area contributed by atoms with Gasteiger partial charge in [-0.3, -0.25) is 4.79 Å². The Hall–Kier alpha value is -1.87. The fourth-order valence-electron chi connectivity index (χ4n) is 1.42. The van der Waals surface area contributed by atoms with Gasteiger partial charge in [-0.25, -0.2) is 0 Å². The molecule has 0 aliphatic carbocycles. The van der Waals surface area contributed by atoms with Crippen molar-refractivity contribution in [2.45, 2.75) is 24.9 Å². The van der Waals surface area contributed by atoms with Crippen molar-refractivity contribution in [3.8, 4) is 6.07 Å². The lowest BCUT2D eigenvalue weighted by Crippen LogP contribution is -2.09. The van der Waals surface area contributed by atoms with Crippen LogP contribution in [0.15, 0.2) is 24.3 Å². The third-order valence-electron chi connectivity index (χ3n) is 2.35. The van der Waals surface area contributed by atoms with Gasteiger partial charge in [0.05, 0.1) is 12.0 Å². The van der Waals surface area contributed by atoms with Crippen molar-refractivity contribution in [1.29, 1.82) is 5.26 Å². The summed E-state index contributed by atoms with van der Waals surface area (Å²) in [5.41, 5.74) is 0.934. The highest BCUT2D eigenvalue weighted by atomic mass is 19.4. The molecule has 0 amide bonds. The maximum atomic E-state index is 12.0. The molecule has 0 saturated carbocycles. The number of hydrogen-bond acceptors (Lipinski definition) is 3. The molecule has 0 saturated heterocycles. The first-order valence-electron chi connectivity index (χ1n) is 5.79. The normalized spacial score (nSPS) is 11.8. The molecule has 0 aliphatic rings. The van der Waals surface area contributed by atoms with Gasteiger partial charge in [-0.2, -0.15) is 18.4 Å². The number of ether oxygens (including phenoxy) is 1. The van der Waals surface area contributed by atoms with Gasteiger partial charge in [-0.05, 0) is 12.0 Å². The summed E-state index contributed by atoms with van der Waals surface area (Å²) < 4.78 is 40.3. The number of aldehydes is 1. The van der Waals surface area contributed by atoms with Crippen molar-refractivity contribution in [2.75, 3.05) is 14.2 Å². The van der Waals surface area contributed by atoms with Gasteiger partial charge in [-0.1, -0.05) is 24.3 Å². The van der Waals surface area contributed by atoms with Crippen molar-refractivity contribution in [3.05, 3.63) is 35.4 Å². The summed E-state index contributed by atoms with van der Waals surface area (Å²) in [5.74, 6) is -0.794. The number of nitriles is 1. The predicted octanol–water partition coefficient (Wildman–Crippen LogP) is 3.71. The van der Waals surface area contributed by atoms with Gasteiger partial charge >= 0.3 is 6.18 Å². The van der Waals surface area contributed by atoms with E-state index in [0.29, 0.717) is 17.4 Å². The van der Waals surface area contributed by atoms with E-state index < -0.39 is 18.5 Å².